The number of benzene rings is 4. The lowest BCUT2D eigenvalue weighted by Gasteiger charge is -2.41. The highest BCUT2D eigenvalue weighted by Crippen LogP contribution is 2.31. The third-order valence-corrected chi connectivity index (χ3v) is 15.6. The van der Waals surface area contributed by atoms with Gasteiger partial charge in [0, 0.05) is 101 Å². The summed E-state index contributed by atoms with van der Waals surface area (Å²) in [5.74, 6) is 0.204. The van der Waals surface area contributed by atoms with E-state index in [2.05, 4.69) is 55.4 Å². The molecule has 2 aliphatic rings. The van der Waals surface area contributed by atoms with Gasteiger partial charge >= 0.3 is 12.1 Å². The zero-order chi connectivity index (χ0) is 54.5. The molecule has 18 heteroatoms. The van der Waals surface area contributed by atoms with Crippen molar-refractivity contribution in [2.45, 2.75) is 102 Å². The largest absolute Gasteiger partial charge is 0.343 e. The number of halogens is 2. The molecule has 16 nitrogen and oxygen atoms in total. The molecule has 2 aromatic heterocycles. The summed E-state index contributed by atoms with van der Waals surface area (Å²) in [6.07, 6.45) is 12.4. The van der Waals surface area contributed by atoms with Gasteiger partial charge in [0.2, 0.25) is 11.8 Å². The molecule has 76 heavy (non-hydrogen) atoms. The monoisotopic (exact) mass is 1040 g/mol. The van der Waals surface area contributed by atoms with Crippen LogP contribution >= 0.6 is 0 Å². The Labute approximate surface area is 446 Å². The van der Waals surface area contributed by atoms with Gasteiger partial charge in [-0.2, -0.15) is 10.2 Å². The summed E-state index contributed by atoms with van der Waals surface area (Å²) < 4.78 is 29.9. The molecule has 2 saturated carbocycles. The molecule has 4 N–H and O–H groups in total. The molecule has 0 saturated heterocycles. The Morgan fingerprint density at radius 3 is 1.32 bits per heavy atom. The van der Waals surface area contributed by atoms with Gasteiger partial charge < -0.3 is 40.9 Å². The second-order valence-corrected chi connectivity index (χ2v) is 21.2. The zero-order valence-corrected chi connectivity index (χ0v) is 45.6. The van der Waals surface area contributed by atoms with Crippen molar-refractivity contribution in [1.82, 2.24) is 49.8 Å². The fourth-order valence-electron chi connectivity index (χ4n) is 11.0. The Hall–Kier alpha value is -6.92. The van der Waals surface area contributed by atoms with Crippen LogP contribution in [0.5, 0.6) is 0 Å². The van der Waals surface area contributed by atoms with Gasteiger partial charge in [-0.15, -0.1) is 0 Å². The van der Waals surface area contributed by atoms with E-state index in [0.29, 0.717) is 11.4 Å². The number of urea groups is 2. The number of anilines is 2. The van der Waals surface area contributed by atoms with Crippen molar-refractivity contribution < 1.29 is 28.0 Å². The minimum atomic E-state index is -0.242. The number of rotatable bonds is 18. The second-order valence-electron chi connectivity index (χ2n) is 21.2. The SMILES string of the molecule is CC(=O)N(C)[C@@H]1CC[C@@H](CN(C)CCCc2ccc(F)cc2)[C@H](NC(=O)Nc2ccc3c(cnn3C)c2)C1.CC(=O)N(C)[C@H]1CC[C@@H](CN(C)CCCc2ccc(F)cc2)[C@H](NC(=O)Nc2ccc3c(cnn3C)c2)C1. The number of aromatic nitrogens is 4. The Morgan fingerprint density at radius 2 is 0.947 bits per heavy atom. The maximum absolute atomic E-state index is 13.2. The van der Waals surface area contributed by atoms with Gasteiger partial charge in [-0.05, 0) is 175 Å². The van der Waals surface area contributed by atoms with Crippen LogP contribution in [0, 0.1) is 23.5 Å². The first-order valence-electron chi connectivity index (χ1n) is 26.7. The van der Waals surface area contributed by atoms with E-state index in [0.717, 1.165) is 123 Å². The lowest BCUT2D eigenvalue weighted by molar-refractivity contribution is -0.131. The Kier molecular flexibility index (Phi) is 20.0. The van der Waals surface area contributed by atoms with Gasteiger partial charge in [0.25, 0.3) is 0 Å². The molecule has 6 aromatic rings. The quantitative estimate of drug-likeness (QED) is 0.0664. The molecular weight excluding hydrogens is 967 g/mol. The number of nitrogens with one attached hydrogen (secondary N) is 4. The number of nitrogens with zero attached hydrogens (tertiary/aromatic N) is 8. The molecule has 0 radical (unpaired) electrons. The van der Waals surface area contributed by atoms with E-state index in [4.69, 9.17) is 0 Å². The molecule has 2 heterocycles. The standard InChI is InChI=1S/2C29H39FN6O2/c2*1-20(37)35(3)26-13-9-22(19-34(2)15-5-6-21-7-10-24(30)11-8-21)27(17-26)33-29(38)32-25-12-14-28-23(16-25)18-31-36(28)4/h2*7-8,10-12,14,16,18,22,26-27H,5-6,9,13,15,17,19H2,1-4H3,(H2,32,33,38)/t22-,26+,27+;22-,26-,27+/m00/s1. The van der Waals surface area contributed by atoms with Gasteiger partial charge in [-0.25, -0.2) is 18.4 Å². The number of carbonyl (C=O) groups is 4. The molecule has 0 unspecified atom stereocenters. The fraction of sp³-hybridized carbons (Fsp3) is 0.483. The lowest BCUT2D eigenvalue weighted by atomic mass is 9.80. The van der Waals surface area contributed by atoms with E-state index in [-0.39, 0.29) is 71.5 Å². The van der Waals surface area contributed by atoms with Crippen LogP contribution in [0.4, 0.5) is 29.7 Å². The predicted octanol–water partition coefficient (Wildman–Crippen LogP) is 8.83. The van der Waals surface area contributed by atoms with Crippen LogP contribution in [-0.4, -0.2) is 142 Å². The van der Waals surface area contributed by atoms with Gasteiger partial charge in [-0.1, -0.05) is 24.3 Å². The van der Waals surface area contributed by atoms with E-state index < -0.39 is 0 Å². The lowest BCUT2D eigenvalue weighted by Crippen LogP contribution is -2.53. The van der Waals surface area contributed by atoms with Crippen LogP contribution in [0.1, 0.15) is 76.3 Å². The third-order valence-electron chi connectivity index (χ3n) is 15.6. The number of fused-ring (bicyclic) bond motifs is 2. The molecule has 2 fully saturated rings. The minimum Gasteiger partial charge on any atom is -0.343 e. The Morgan fingerprint density at radius 1 is 0.566 bits per heavy atom. The molecular formula is C58H78F2N12O4. The van der Waals surface area contributed by atoms with Crippen molar-refractivity contribution in [2.24, 2.45) is 25.9 Å². The summed E-state index contributed by atoms with van der Waals surface area (Å²) in [4.78, 5) is 58.4. The van der Waals surface area contributed by atoms with E-state index >= 15 is 0 Å². The smallest absolute Gasteiger partial charge is 0.319 e. The van der Waals surface area contributed by atoms with Crippen molar-refractivity contribution in [3.63, 3.8) is 0 Å². The van der Waals surface area contributed by atoms with Crippen LogP contribution in [0.2, 0.25) is 0 Å². The van der Waals surface area contributed by atoms with Gasteiger partial charge in [0.15, 0.2) is 0 Å². The van der Waals surface area contributed by atoms with E-state index in [1.54, 1.807) is 45.4 Å². The predicted molar refractivity (Wildman–Crippen MR) is 297 cm³/mol. The summed E-state index contributed by atoms with van der Waals surface area (Å²) in [5.41, 5.74) is 5.69. The van der Waals surface area contributed by atoms with E-state index in [1.165, 1.54) is 24.3 Å². The van der Waals surface area contributed by atoms with Gasteiger partial charge in [0.05, 0.1) is 23.4 Å². The first-order valence-corrected chi connectivity index (χ1v) is 26.7. The first-order chi connectivity index (χ1) is 36.4. The number of hydrogen-bond donors (Lipinski definition) is 4. The third kappa shape index (κ3) is 16.1. The molecule has 0 aliphatic heterocycles. The summed E-state index contributed by atoms with van der Waals surface area (Å²) in [5, 5.41) is 22.8. The molecule has 2 aliphatic carbocycles. The summed E-state index contributed by atoms with van der Waals surface area (Å²) in [7, 11) is 11.7. The van der Waals surface area contributed by atoms with Crippen LogP contribution in [0.3, 0.4) is 0 Å². The normalized spacial score (nSPS) is 19.5. The fourth-order valence-corrected chi connectivity index (χ4v) is 11.0. The summed E-state index contributed by atoms with van der Waals surface area (Å²) in [6.45, 7) is 6.71. The Bertz CT molecular complexity index is 2680. The first kappa shape index (κ1) is 56.8. The average Bonchev–Trinajstić information content (AvgIpc) is 3.95. The molecule has 4 aromatic carbocycles. The van der Waals surface area contributed by atoms with Crippen LogP contribution in [0.15, 0.2) is 97.3 Å². The van der Waals surface area contributed by atoms with E-state index in [9.17, 15) is 28.0 Å². The number of hydrogen-bond acceptors (Lipinski definition) is 8. The zero-order valence-electron chi connectivity index (χ0n) is 45.6. The number of amides is 6. The molecule has 8 rings (SSSR count). The Balaban J connectivity index is 0.000000221. The highest BCUT2D eigenvalue weighted by Gasteiger charge is 2.36. The highest BCUT2D eigenvalue weighted by atomic mass is 19.1. The maximum atomic E-state index is 13.2. The van der Waals surface area contributed by atoms with Crippen molar-refractivity contribution in [2.75, 3.05) is 65.0 Å². The topological polar surface area (TPSA) is 165 Å². The molecule has 0 spiro atoms. The van der Waals surface area contributed by atoms with Crippen molar-refractivity contribution >= 4 is 57.1 Å². The van der Waals surface area contributed by atoms with Gasteiger partial charge in [0.1, 0.15) is 11.6 Å². The highest BCUT2D eigenvalue weighted by molar-refractivity contribution is 5.93. The summed E-state index contributed by atoms with van der Waals surface area (Å²) in [6, 6.07) is 24.5. The molecule has 6 amide bonds. The second kappa shape index (κ2) is 26.7. The van der Waals surface area contributed by atoms with Crippen molar-refractivity contribution in [1.29, 1.82) is 0 Å². The minimum absolute atomic E-state index is 0.0411. The number of carbonyl (C=O) groups excluding carboxylic acids is 4. The molecule has 6 atom stereocenters. The number of aryl methyl sites for hydroxylation is 4. The van der Waals surface area contributed by atoms with Crippen LogP contribution in [0.25, 0.3) is 21.8 Å². The van der Waals surface area contributed by atoms with Gasteiger partial charge in [-0.3, -0.25) is 19.0 Å². The van der Waals surface area contributed by atoms with Crippen molar-refractivity contribution in [3.05, 3.63) is 120 Å². The van der Waals surface area contributed by atoms with Crippen molar-refractivity contribution in [3.8, 4) is 0 Å². The maximum Gasteiger partial charge on any atom is 0.319 e. The average molecular weight is 1050 g/mol. The summed E-state index contributed by atoms with van der Waals surface area (Å²) >= 11 is 0. The molecule has 0 bridgehead atoms. The van der Waals surface area contributed by atoms with Crippen LogP contribution in [-0.2, 0) is 36.5 Å². The van der Waals surface area contributed by atoms with E-state index in [1.807, 2.05) is 88.9 Å². The van der Waals surface area contributed by atoms with Crippen LogP contribution < -0.4 is 21.3 Å². The molecule has 408 valence electrons.